The minimum absolute atomic E-state index is 0.0887. The number of nitrogens with two attached hydrogens (primary N) is 1. The van der Waals surface area contributed by atoms with Gasteiger partial charge < -0.3 is 40.1 Å². The summed E-state index contributed by atoms with van der Waals surface area (Å²) in [5, 5.41) is 20.7. The van der Waals surface area contributed by atoms with Crippen molar-refractivity contribution in [3.05, 3.63) is 90.2 Å². The number of hydrogen-bond donors (Lipinski definition) is 7. The predicted octanol–water partition coefficient (Wildman–Crippen LogP) is 0.450. The Balaban J connectivity index is 1.36. The Labute approximate surface area is 334 Å². The smallest absolute Gasteiger partial charge is 0.392 e. The molecule has 0 radical (unpaired) electrons. The number of phosphoric acid groups is 3. The van der Waals surface area contributed by atoms with E-state index in [1.54, 1.807) is 0 Å². The van der Waals surface area contributed by atoms with Crippen LogP contribution in [0.4, 0.5) is 5.82 Å². The molecule has 0 bridgehead atoms. The molecule has 2 saturated heterocycles. The van der Waals surface area contributed by atoms with Gasteiger partial charge in [-0.15, -0.1) is 6.42 Å². The van der Waals surface area contributed by atoms with Crippen LogP contribution in [-0.2, 0) is 63.5 Å². The lowest BCUT2D eigenvalue weighted by Crippen LogP contribution is -2.38. The highest BCUT2D eigenvalue weighted by Crippen LogP contribution is 2.52. The number of anilines is 1. The summed E-state index contributed by atoms with van der Waals surface area (Å²) in [4.78, 5) is 74.7. The van der Waals surface area contributed by atoms with Gasteiger partial charge >= 0.3 is 34.8 Å². The molecule has 8 N–H and O–H groups in total. The lowest BCUT2D eigenvalue weighted by atomic mass is 10.1. The quantitative estimate of drug-likeness (QED) is 0.0673. The van der Waals surface area contributed by atoms with E-state index in [1.165, 1.54) is 45.0 Å². The third-order valence-corrected chi connectivity index (χ3v) is 11.7. The van der Waals surface area contributed by atoms with Gasteiger partial charge in [-0.2, -0.15) is 4.98 Å². The molecule has 2 fully saturated rings. The number of ether oxygens (including phenoxy) is 2. The number of rotatable bonds is 18. The molecule has 0 saturated carbocycles. The van der Waals surface area contributed by atoms with E-state index in [-0.39, 0.29) is 24.4 Å². The molecular weight excluding hydrogens is 851 g/mol. The maximum absolute atomic E-state index is 13.5. The van der Waals surface area contributed by atoms with Crippen LogP contribution in [0.5, 0.6) is 0 Å². The molecule has 24 nitrogen and oxygen atoms in total. The number of benzene rings is 1. The van der Waals surface area contributed by atoms with E-state index >= 15 is 0 Å². The van der Waals surface area contributed by atoms with Crippen molar-refractivity contribution in [3.8, 4) is 12.3 Å². The molecule has 5 rings (SSSR count). The number of phosphoric ester groups is 3. The van der Waals surface area contributed by atoms with Gasteiger partial charge in [0.25, 0.3) is 5.56 Å². The average Bonchev–Trinajstić information content (AvgIpc) is 3.68. The molecular formula is C32H42N5O19P3. The summed E-state index contributed by atoms with van der Waals surface area (Å²) in [5.74, 6) is 2.21. The number of nitrogen functional groups attached to an aromatic ring is 1. The van der Waals surface area contributed by atoms with E-state index in [4.69, 9.17) is 48.8 Å². The lowest BCUT2D eigenvalue weighted by Gasteiger charge is -2.25. The molecule has 4 heterocycles. The zero-order valence-electron chi connectivity index (χ0n) is 31.4. The van der Waals surface area contributed by atoms with Crippen molar-refractivity contribution in [1.82, 2.24) is 19.1 Å². The van der Waals surface area contributed by atoms with E-state index in [0.29, 0.717) is 16.7 Å². The van der Waals surface area contributed by atoms with Crippen LogP contribution in [0.25, 0.3) is 0 Å². The maximum Gasteiger partial charge on any atom is 0.472 e. The number of aliphatic hydroxyl groups is 2. The zero-order chi connectivity index (χ0) is 43.4. The fraction of sp³-hybridized carbons (Fsp3) is 0.500. The molecule has 27 heteroatoms. The van der Waals surface area contributed by atoms with Gasteiger partial charge in [0.2, 0.25) is 0 Å². The van der Waals surface area contributed by atoms with Crippen LogP contribution in [0.3, 0.4) is 0 Å². The third-order valence-electron chi connectivity index (χ3n) is 8.54. The molecule has 1 aromatic carbocycles. The van der Waals surface area contributed by atoms with Crippen molar-refractivity contribution in [3.63, 3.8) is 0 Å². The Bertz CT molecular complexity index is 2360. The molecule has 0 aliphatic carbocycles. The molecule has 2 aliphatic heterocycles. The molecule has 10 atom stereocenters. The van der Waals surface area contributed by atoms with Gasteiger partial charge in [0, 0.05) is 29.9 Å². The number of terminal acetylenes is 1. The van der Waals surface area contributed by atoms with Crippen molar-refractivity contribution in [2.45, 2.75) is 89.5 Å². The first kappa shape index (κ1) is 46.4. The summed E-state index contributed by atoms with van der Waals surface area (Å²) in [6, 6.07) is 5.64. The van der Waals surface area contributed by atoms with Crippen molar-refractivity contribution >= 4 is 29.3 Å². The molecule has 3 aromatic rings. The highest BCUT2D eigenvalue weighted by molar-refractivity contribution is 7.48. The summed E-state index contributed by atoms with van der Waals surface area (Å²) in [7, 11) is -15.2. The van der Waals surface area contributed by atoms with Crippen LogP contribution in [0.15, 0.2) is 51.0 Å². The molecule has 59 heavy (non-hydrogen) atoms. The average molecular weight is 894 g/mol. The molecule has 0 amide bonds. The second kappa shape index (κ2) is 18.9. The fourth-order valence-corrected chi connectivity index (χ4v) is 8.79. The Morgan fingerprint density at radius 1 is 0.983 bits per heavy atom. The van der Waals surface area contributed by atoms with Gasteiger partial charge in [-0.1, -0.05) is 12.0 Å². The highest BCUT2D eigenvalue weighted by Gasteiger charge is 2.51. The summed E-state index contributed by atoms with van der Waals surface area (Å²) in [5.41, 5.74) is 4.04. The lowest BCUT2D eigenvalue weighted by molar-refractivity contribution is -0.0589. The third kappa shape index (κ3) is 12.2. The largest absolute Gasteiger partial charge is 0.472 e. The standard InChI is InChI=1S/C32H42N5O19P3/c1-5-19-8-20(13-38)10-21(9-19)14-49-58(45,46)55-22-11-26(37-12-18(4)29(40)35-32(37)42)52-23(22)15-50-59(47,48)56-28-24(16-51-57(43,44)54-17(2)3)53-30(27(28)39)36-7-6-25(33)34-31(36)41/h1,6-10,12,17,22-24,26-28,30,38-39H,11,13-16H2,2-4H3,(H,43,44)(H,45,46)(H,47,48)(H2,33,34,41)(H,35,40,42)/t22?,23-,24-,26-,27+,28?,30-/m1/s1. The van der Waals surface area contributed by atoms with E-state index in [2.05, 4.69) is 15.9 Å². The number of nitrogens with zero attached hydrogens (tertiary/aromatic N) is 3. The number of nitrogens with one attached hydrogen (secondary N) is 1. The van der Waals surface area contributed by atoms with Crippen LogP contribution >= 0.6 is 23.5 Å². The Kier molecular flexibility index (Phi) is 14.9. The minimum atomic E-state index is -5.39. The monoisotopic (exact) mass is 893 g/mol. The van der Waals surface area contributed by atoms with Crippen LogP contribution in [0.1, 0.15) is 55.0 Å². The first-order valence-electron chi connectivity index (χ1n) is 17.4. The molecule has 324 valence electrons. The summed E-state index contributed by atoms with van der Waals surface area (Å²) >= 11 is 0. The van der Waals surface area contributed by atoms with Gasteiger partial charge in [0.05, 0.1) is 32.5 Å². The maximum atomic E-state index is 13.5. The molecule has 2 aromatic heterocycles. The number of aromatic nitrogens is 4. The second-order valence-electron chi connectivity index (χ2n) is 13.4. The number of aliphatic hydroxyl groups excluding tert-OH is 2. The van der Waals surface area contributed by atoms with Crippen molar-refractivity contribution in [2.75, 3.05) is 18.9 Å². The van der Waals surface area contributed by atoms with Gasteiger partial charge in [-0.25, -0.2) is 23.3 Å². The van der Waals surface area contributed by atoms with Crippen LogP contribution in [0.2, 0.25) is 0 Å². The van der Waals surface area contributed by atoms with Gasteiger partial charge in [0.15, 0.2) is 6.23 Å². The van der Waals surface area contributed by atoms with Crippen molar-refractivity contribution < 1.29 is 75.2 Å². The second-order valence-corrected chi connectivity index (χ2v) is 17.6. The Morgan fingerprint density at radius 2 is 1.64 bits per heavy atom. The van der Waals surface area contributed by atoms with E-state index in [9.17, 15) is 53.0 Å². The van der Waals surface area contributed by atoms with Crippen LogP contribution in [0, 0.1) is 19.3 Å². The first-order valence-corrected chi connectivity index (χ1v) is 21.9. The number of H-pyrrole nitrogens is 1. The Hall–Kier alpha value is -3.69. The summed E-state index contributed by atoms with van der Waals surface area (Å²) in [6.07, 6.45) is -5.03. The van der Waals surface area contributed by atoms with E-state index in [0.717, 1.165) is 21.5 Å². The van der Waals surface area contributed by atoms with Gasteiger partial charge in [0.1, 0.15) is 42.6 Å². The van der Waals surface area contributed by atoms with Crippen LogP contribution < -0.4 is 22.7 Å². The number of hydrogen-bond acceptors (Lipinski definition) is 18. The summed E-state index contributed by atoms with van der Waals surface area (Å²) in [6.45, 7) is 1.50. The molecule has 5 unspecified atom stereocenters. The van der Waals surface area contributed by atoms with Crippen molar-refractivity contribution in [2.24, 2.45) is 0 Å². The fourth-order valence-electron chi connectivity index (χ4n) is 5.96. The topological polar surface area (TPSA) is 342 Å². The first-order chi connectivity index (χ1) is 27.6. The SMILES string of the molecule is C#Cc1cc(CO)cc(COP(=O)(O)OC2C[C@H](n3cc(C)c(=O)[nH]c3=O)O[C@@H]2COP(=O)(O)OC2[C@@H](COP(=O)(O)OC(C)C)O[C@@H](n3ccc(N)nc3=O)[C@H]2O)c1. The summed E-state index contributed by atoms with van der Waals surface area (Å²) < 4.78 is 83.3. The normalized spacial score (nSPS) is 26.3. The van der Waals surface area contributed by atoms with Crippen molar-refractivity contribution in [1.29, 1.82) is 0 Å². The highest BCUT2D eigenvalue weighted by atomic mass is 31.2. The zero-order valence-corrected chi connectivity index (χ0v) is 34.1. The minimum Gasteiger partial charge on any atom is -0.392 e. The van der Waals surface area contributed by atoms with Crippen LogP contribution in [-0.4, -0.2) is 93.8 Å². The predicted molar refractivity (Wildman–Crippen MR) is 200 cm³/mol. The number of aryl methyl sites for hydroxylation is 1. The number of aromatic amines is 1. The van der Waals surface area contributed by atoms with E-state index in [1.807, 2.05) is 0 Å². The molecule has 2 aliphatic rings. The Morgan fingerprint density at radius 3 is 2.31 bits per heavy atom. The van der Waals surface area contributed by atoms with Gasteiger partial charge in [-0.05, 0) is 50.1 Å². The molecule has 0 spiro atoms. The van der Waals surface area contributed by atoms with Gasteiger partial charge in [-0.3, -0.25) is 46.1 Å². The van der Waals surface area contributed by atoms with E-state index < -0.39 is 109 Å².